The average molecular weight is 671 g/mol. The van der Waals surface area contributed by atoms with Gasteiger partial charge in [0.25, 0.3) is 0 Å². The molecule has 284 valence electrons. The van der Waals surface area contributed by atoms with Crippen LogP contribution in [-0.2, 0) is 23.7 Å². The molecule has 0 aromatic heterocycles. The van der Waals surface area contributed by atoms with Gasteiger partial charge >= 0.3 is 0 Å². The molecule has 0 spiro atoms. The highest BCUT2D eigenvalue weighted by molar-refractivity contribution is 4.51. The molecule has 47 heavy (non-hydrogen) atoms. The van der Waals surface area contributed by atoms with Gasteiger partial charge in [-0.2, -0.15) is 0 Å². The minimum atomic E-state index is 0.609. The highest BCUT2D eigenvalue weighted by atomic mass is 16.6. The van der Waals surface area contributed by atoms with Gasteiger partial charge in [-0.1, -0.05) is 194 Å². The molecule has 5 nitrogen and oxygen atoms in total. The van der Waals surface area contributed by atoms with E-state index in [0.717, 1.165) is 13.2 Å². The molecule has 0 unspecified atom stereocenters. The molecule has 0 rings (SSSR count). The van der Waals surface area contributed by atoms with Crippen molar-refractivity contribution in [3.63, 3.8) is 0 Å². The lowest BCUT2D eigenvalue weighted by Crippen LogP contribution is -2.13. The standard InChI is InChI=1S/C42H86O5/c1-3-5-7-9-11-13-15-17-19-20-22-24-26-28-30-32-34-44-36-38-46-40-42-47-41-39-45-37-35-43-33-31-29-27-25-23-21-18-16-14-12-10-8-6-4-2/h3-42H2,1-2H3. The first kappa shape index (κ1) is 46.8. The van der Waals surface area contributed by atoms with Gasteiger partial charge in [0.05, 0.1) is 52.9 Å². The van der Waals surface area contributed by atoms with Gasteiger partial charge in [-0.25, -0.2) is 0 Å². The summed E-state index contributed by atoms with van der Waals surface area (Å²) < 4.78 is 28.2. The van der Waals surface area contributed by atoms with Gasteiger partial charge in [-0.3, -0.25) is 0 Å². The molecule has 0 aliphatic rings. The summed E-state index contributed by atoms with van der Waals surface area (Å²) in [6, 6.07) is 0. The van der Waals surface area contributed by atoms with Gasteiger partial charge in [0.2, 0.25) is 0 Å². The van der Waals surface area contributed by atoms with Crippen molar-refractivity contribution >= 4 is 0 Å². The first-order chi connectivity index (χ1) is 23.4. The molecule has 0 fully saturated rings. The van der Waals surface area contributed by atoms with E-state index in [1.165, 1.54) is 193 Å². The van der Waals surface area contributed by atoms with E-state index in [4.69, 9.17) is 23.7 Å². The minimum absolute atomic E-state index is 0.609. The predicted octanol–water partition coefficient (Wildman–Crippen LogP) is 12.8. The third kappa shape index (κ3) is 45.8. The van der Waals surface area contributed by atoms with Gasteiger partial charge in [0, 0.05) is 13.2 Å². The Hall–Kier alpha value is -0.200. The summed E-state index contributed by atoms with van der Waals surface area (Å²) in [5, 5.41) is 0. The third-order valence-electron chi connectivity index (χ3n) is 9.27. The highest BCUT2D eigenvalue weighted by Gasteiger charge is 1.98. The molecule has 0 bridgehead atoms. The number of hydrogen-bond donors (Lipinski definition) is 0. The molecule has 0 saturated carbocycles. The number of ether oxygens (including phenoxy) is 5. The van der Waals surface area contributed by atoms with Crippen molar-refractivity contribution in [3.05, 3.63) is 0 Å². The molecule has 0 saturated heterocycles. The Bertz CT molecular complexity index is 473. The number of unbranched alkanes of at least 4 members (excludes halogenated alkanes) is 28. The minimum Gasteiger partial charge on any atom is -0.379 e. The van der Waals surface area contributed by atoms with Crippen LogP contribution in [0.3, 0.4) is 0 Å². The van der Waals surface area contributed by atoms with Crippen LogP contribution in [0.2, 0.25) is 0 Å². The molecule has 0 N–H and O–H groups in total. The van der Waals surface area contributed by atoms with Crippen molar-refractivity contribution < 1.29 is 23.7 Å². The smallest absolute Gasteiger partial charge is 0.0701 e. The molecular formula is C42H86O5. The summed E-state index contributed by atoms with van der Waals surface area (Å²) in [6.45, 7) is 11.4. The second-order valence-corrected chi connectivity index (χ2v) is 14.0. The molecule has 0 aliphatic heterocycles. The lowest BCUT2D eigenvalue weighted by Gasteiger charge is -2.08. The van der Waals surface area contributed by atoms with E-state index in [0.29, 0.717) is 52.9 Å². The van der Waals surface area contributed by atoms with Crippen molar-refractivity contribution in [3.8, 4) is 0 Å². The first-order valence-electron chi connectivity index (χ1n) is 21.3. The second-order valence-electron chi connectivity index (χ2n) is 14.0. The van der Waals surface area contributed by atoms with E-state index >= 15 is 0 Å². The van der Waals surface area contributed by atoms with E-state index in [-0.39, 0.29) is 0 Å². The van der Waals surface area contributed by atoms with Gasteiger partial charge in [-0.05, 0) is 12.8 Å². The summed E-state index contributed by atoms with van der Waals surface area (Å²) >= 11 is 0. The molecular weight excluding hydrogens is 584 g/mol. The van der Waals surface area contributed by atoms with E-state index in [1.807, 2.05) is 0 Å². The van der Waals surface area contributed by atoms with Crippen LogP contribution < -0.4 is 0 Å². The second kappa shape index (κ2) is 45.8. The van der Waals surface area contributed by atoms with Crippen LogP contribution in [0, 0.1) is 0 Å². The third-order valence-corrected chi connectivity index (χ3v) is 9.27. The van der Waals surface area contributed by atoms with Crippen LogP contribution in [0.5, 0.6) is 0 Å². The van der Waals surface area contributed by atoms with Crippen LogP contribution in [-0.4, -0.2) is 66.1 Å². The fraction of sp³-hybridized carbons (Fsp3) is 1.00. The summed E-state index contributed by atoms with van der Waals surface area (Å²) in [5.41, 5.74) is 0. The molecule has 0 aliphatic carbocycles. The van der Waals surface area contributed by atoms with E-state index in [9.17, 15) is 0 Å². The predicted molar refractivity (Wildman–Crippen MR) is 204 cm³/mol. The van der Waals surface area contributed by atoms with E-state index in [2.05, 4.69) is 13.8 Å². The Morgan fingerprint density at radius 2 is 0.319 bits per heavy atom. The molecule has 5 heteroatoms. The van der Waals surface area contributed by atoms with Crippen molar-refractivity contribution in [1.29, 1.82) is 0 Å². The van der Waals surface area contributed by atoms with Crippen LogP contribution in [0.15, 0.2) is 0 Å². The van der Waals surface area contributed by atoms with Gasteiger partial charge in [0.1, 0.15) is 0 Å². The molecule has 0 heterocycles. The van der Waals surface area contributed by atoms with Crippen LogP contribution in [0.4, 0.5) is 0 Å². The van der Waals surface area contributed by atoms with Crippen LogP contribution >= 0.6 is 0 Å². The average Bonchev–Trinajstić information content (AvgIpc) is 3.08. The lowest BCUT2D eigenvalue weighted by atomic mass is 10.0. The highest BCUT2D eigenvalue weighted by Crippen LogP contribution is 2.15. The maximum Gasteiger partial charge on any atom is 0.0701 e. The summed E-state index contributed by atoms with van der Waals surface area (Å²) in [7, 11) is 0. The summed E-state index contributed by atoms with van der Waals surface area (Å²) in [6.07, 6.45) is 41.9. The largest absolute Gasteiger partial charge is 0.379 e. The Morgan fingerprint density at radius 3 is 0.511 bits per heavy atom. The molecule has 0 radical (unpaired) electrons. The van der Waals surface area contributed by atoms with E-state index in [1.54, 1.807) is 0 Å². The Balaban J connectivity index is 3.03. The maximum atomic E-state index is 5.71. The zero-order chi connectivity index (χ0) is 33.8. The van der Waals surface area contributed by atoms with Crippen LogP contribution in [0.1, 0.15) is 206 Å². The number of hydrogen-bond acceptors (Lipinski definition) is 5. The zero-order valence-electron chi connectivity index (χ0n) is 32.3. The fourth-order valence-electron chi connectivity index (χ4n) is 6.13. The topological polar surface area (TPSA) is 46.2 Å². The fourth-order valence-corrected chi connectivity index (χ4v) is 6.13. The van der Waals surface area contributed by atoms with Crippen LogP contribution in [0.25, 0.3) is 0 Å². The van der Waals surface area contributed by atoms with E-state index < -0.39 is 0 Å². The van der Waals surface area contributed by atoms with Gasteiger partial charge in [-0.15, -0.1) is 0 Å². The SMILES string of the molecule is CCCCCCCCCCCCCCCCCCOCCOCCOCCOCCOCCCCCCCCCCCCCCCC. The van der Waals surface area contributed by atoms with Gasteiger partial charge in [0.15, 0.2) is 0 Å². The summed E-state index contributed by atoms with van der Waals surface area (Å²) in [4.78, 5) is 0. The van der Waals surface area contributed by atoms with Crippen molar-refractivity contribution in [2.45, 2.75) is 206 Å². The van der Waals surface area contributed by atoms with Crippen molar-refractivity contribution in [2.75, 3.05) is 66.1 Å². The Labute approximate surface area is 295 Å². The van der Waals surface area contributed by atoms with Crippen molar-refractivity contribution in [1.82, 2.24) is 0 Å². The molecule has 0 atom stereocenters. The molecule has 0 amide bonds. The Kier molecular flexibility index (Phi) is 45.6. The quantitative estimate of drug-likeness (QED) is 0.0604. The molecule has 0 aromatic rings. The normalized spacial score (nSPS) is 11.6. The monoisotopic (exact) mass is 671 g/mol. The Morgan fingerprint density at radius 1 is 0.170 bits per heavy atom. The zero-order valence-corrected chi connectivity index (χ0v) is 32.3. The van der Waals surface area contributed by atoms with Crippen molar-refractivity contribution in [2.24, 2.45) is 0 Å². The first-order valence-corrected chi connectivity index (χ1v) is 21.3. The lowest BCUT2D eigenvalue weighted by molar-refractivity contribution is -0.0114. The van der Waals surface area contributed by atoms with Gasteiger partial charge < -0.3 is 23.7 Å². The number of rotatable bonds is 44. The summed E-state index contributed by atoms with van der Waals surface area (Å²) in [5.74, 6) is 0. The maximum absolute atomic E-state index is 5.71. The molecule has 0 aromatic carbocycles.